The highest BCUT2D eigenvalue weighted by Gasteiger charge is 2.19. The van der Waals surface area contributed by atoms with Gasteiger partial charge in [-0.15, -0.1) is 0 Å². The Morgan fingerprint density at radius 2 is 2.10 bits per heavy atom. The zero-order valence-corrected chi connectivity index (χ0v) is 17.0. The fourth-order valence-electron chi connectivity index (χ4n) is 2.51. The summed E-state index contributed by atoms with van der Waals surface area (Å²) in [6.07, 6.45) is 2.69. The largest absolute Gasteiger partial charge is 0.433 e. The summed E-state index contributed by atoms with van der Waals surface area (Å²) >= 11 is 3.16. The third-order valence-electron chi connectivity index (χ3n) is 3.81. The van der Waals surface area contributed by atoms with Crippen LogP contribution in [0.25, 0.3) is 5.82 Å². The average molecular weight is 478 g/mol. The van der Waals surface area contributed by atoms with Crippen molar-refractivity contribution in [3.05, 3.63) is 58.7 Å². The smallest absolute Gasteiger partial charge is 0.387 e. The van der Waals surface area contributed by atoms with Crippen molar-refractivity contribution in [2.75, 3.05) is 5.32 Å². The van der Waals surface area contributed by atoms with Gasteiger partial charge in [-0.1, -0.05) is 15.9 Å². The van der Waals surface area contributed by atoms with E-state index in [1.807, 2.05) is 6.07 Å². The average Bonchev–Trinajstić information content (AvgIpc) is 3.19. The third-order valence-corrected chi connectivity index (χ3v) is 4.30. The number of carbonyl (C=O) groups excluding carboxylic acids is 1. The van der Waals surface area contributed by atoms with Crippen molar-refractivity contribution in [3.8, 4) is 17.6 Å². The fraction of sp³-hybridized carbons (Fsp3) is 0.167. The molecule has 3 rings (SSSR count). The predicted octanol–water partition coefficient (Wildman–Crippen LogP) is 3.78. The van der Waals surface area contributed by atoms with Crippen molar-refractivity contribution in [3.63, 3.8) is 0 Å². The molecule has 0 saturated heterocycles. The third kappa shape index (κ3) is 5.06. The van der Waals surface area contributed by atoms with Crippen LogP contribution in [0.15, 0.2) is 47.3 Å². The number of nitriles is 1. The standard InChI is InChI=1S/C18H14BrF2N7O2/c1-10(16-24-9-25-28(16)15-5-2-11(7-22)8-23-15)26-18(29)27-13-4-3-12(19)6-14(13)30-17(20)21/h2-6,8-10,17H,1H3,(H2,26,27,29)/t10-/m0/s1. The molecule has 0 radical (unpaired) electrons. The Morgan fingerprint density at radius 1 is 1.30 bits per heavy atom. The molecule has 12 heteroatoms. The summed E-state index contributed by atoms with van der Waals surface area (Å²) in [5.41, 5.74) is 0.459. The number of nitrogens with zero attached hydrogens (tertiary/aromatic N) is 5. The molecule has 3 aromatic rings. The topological polar surface area (TPSA) is 118 Å². The summed E-state index contributed by atoms with van der Waals surface area (Å²) in [6.45, 7) is -1.37. The number of halogens is 3. The summed E-state index contributed by atoms with van der Waals surface area (Å²) < 4.78 is 31.6. The number of urea groups is 1. The first-order valence-corrected chi connectivity index (χ1v) is 9.25. The number of carbonyl (C=O) groups is 1. The number of aromatic nitrogens is 4. The molecule has 154 valence electrons. The minimum Gasteiger partial charge on any atom is -0.433 e. The molecule has 2 N–H and O–H groups in total. The Hall–Kier alpha value is -3.59. The van der Waals surface area contributed by atoms with Crippen LogP contribution in [0.2, 0.25) is 0 Å². The minimum atomic E-state index is -3.04. The van der Waals surface area contributed by atoms with Gasteiger partial charge in [-0.2, -0.15) is 23.8 Å². The van der Waals surface area contributed by atoms with E-state index in [0.717, 1.165) is 0 Å². The van der Waals surface area contributed by atoms with Crippen molar-refractivity contribution in [1.29, 1.82) is 5.26 Å². The molecule has 9 nitrogen and oxygen atoms in total. The number of nitrogens with one attached hydrogen (secondary N) is 2. The van der Waals surface area contributed by atoms with Gasteiger partial charge >= 0.3 is 12.6 Å². The molecule has 0 aliphatic heterocycles. The highest BCUT2D eigenvalue weighted by molar-refractivity contribution is 9.10. The molecular weight excluding hydrogens is 464 g/mol. The van der Waals surface area contributed by atoms with Crippen molar-refractivity contribution < 1.29 is 18.3 Å². The van der Waals surface area contributed by atoms with Crippen LogP contribution in [0.4, 0.5) is 19.3 Å². The van der Waals surface area contributed by atoms with Gasteiger partial charge in [0, 0.05) is 10.7 Å². The normalized spacial score (nSPS) is 11.6. The summed E-state index contributed by atoms with van der Waals surface area (Å²) in [7, 11) is 0. The highest BCUT2D eigenvalue weighted by Crippen LogP contribution is 2.29. The molecule has 1 atom stereocenters. The monoisotopic (exact) mass is 477 g/mol. The molecule has 0 aliphatic rings. The molecule has 0 aliphatic carbocycles. The second kappa shape index (κ2) is 9.27. The maximum absolute atomic E-state index is 12.6. The molecule has 1 aromatic carbocycles. The van der Waals surface area contributed by atoms with Gasteiger partial charge in [-0.25, -0.2) is 14.8 Å². The van der Waals surface area contributed by atoms with Gasteiger partial charge in [0.15, 0.2) is 17.4 Å². The lowest BCUT2D eigenvalue weighted by Crippen LogP contribution is -2.32. The Bertz CT molecular complexity index is 1080. The highest BCUT2D eigenvalue weighted by atomic mass is 79.9. The zero-order chi connectivity index (χ0) is 21.7. The van der Waals surface area contributed by atoms with E-state index >= 15 is 0 Å². The van der Waals surface area contributed by atoms with Crippen molar-refractivity contribution in [1.82, 2.24) is 25.1 Å². The number of pyridine rings is 1. The van der Waals surface area contributed by atoms with E-state index in [-0.39, 0.29) is 11.4 Å². The van der Waals surface area contributed by atoms with Gasteiger partial charge in [0.25, 0.3) is 0 Å². The van der Waals surface area contributed by atoms with Gasteiger partial charge < -0.3 is 15.4 Å². The first-order valence-electron chi connectivity index (χ1n) is 8.45. The number of hydrogen-bond donors (Lipinski definition) is 2. The summed E-state index contributed by atoms with van der Waals surface area (Å²) in [4.78, 5) is 20.7. The summed E-state index contributed by atoms with van der Waals surface area (Å²) in [5.74, 6) is 0.602. The molecule has 2 aromatic heterocycles. The van der Waals surface area contributed by atoms with Gasteiger partial charge in [-0.05, 0) is 37.3 Å². The van der Waals surface area contributed by atoms with E-state index < -0.39 is 18.7 Å². The second-order valence-electron chi connectivity index (χ2n) is 5.89. The Labute approximate surface area is 177 Å². The zero-order valence-electron chi connectivity index (χ0n) is 15.4. The lowest BCUT2D eigenvalue weighted by Gasteiger charge is -2.16. The second-order valence-corrected chi connectivity index (χ2v) is 6.80. The van der Waals surface area contributed by atoms with Crippen LogP contribution < -0.4 is 15.4 Å². The molecule has 0 unspecified atom stereocenters. The Morgan fingerprint density at radius 3 is 2.77 bits per heavy atom. The minimum absolute atomic E-state index is 0.0680. The number of alkyl halides is 2. The van der Waals surface area contributed by atoms with Crippen molar-refractivity contribution in [2.24, 2.45) is 0 Å². The van der Waals surface area contributed by atoms with Crippen LogP contribution in [0, 0.1) is 11.3 Å². The summed E-state index contributed by atoms with van der Waals surface area (Å²) in [6, 6.07) is 8.19. The van der Waals surface area contributed by atoms with E-state index in [4.69, 9.17) is 5.26 Å². The SMILES string of the molecule is C[C@H](NC(=O)Nc1ccc(Br)cc1OC(F)F)c1ncnn1-c1ccc(C#N)cn1. The molecular formula is C18H14BrF2N7O2. The van der Waals surface area contributed by atoms with Crippen molar-refractivity contribution in [2.45, 2.75) is 19.6 Å². The van der Waals surface area contributed by atoms with Crippen LogP contribution in [0.5, 0.6) is 5.75 Å². The van der Waals surface area contributed by atoms with Gasteiger partial charge in [0.05, 0.1) is 17.3 Å². The van der Waals surface area contributed by atoms with E-state index in [9.17, 15) is 13.6 Å². The fourth-order valence-corrected chi connectivity index (χ4v) is 2.85. The number of hydrogen-bond acceptors (Lipinski definition) is 6. The molecule has 2 amide bonds. The van der Waals surface area contributed by atoms with E-state index in [1.165, 1.54) is 29.3 Å². The molecule has 30 heavy (non-hydrogen) atoms. The Balaban J connectivity index is 1.73. The molecule has 0 fully saturated rings. The summed E-state index contributed by atoms with van der Waals surface area (Å²) in [5, 5.41) is 18.1. The maximum Gasteiger partial charge on any atom is 0.387 e. The number of benzene rings is 1. The van der Waals surface area contributed by atoms with E-state index in [1.54, 1.807) is 25.1 Å². The quantitative estimate of drug-likeness (QED) is 0.557. The van der Waals surface area contributed by atoms with E-state index in [2.05, 4.69) is 46.4 Å². The van der Waals surface area contributed by atoms with Gasteiger partial charge in [0.2, 0.25) is 0 Å². The van der Waals surface area contributed by atoms with Crippen LogP contribution in [-0.4, -0.2) is 32.4 Å². The van der Waals surface area contributed by atoms with Crippen LogP contribution in [0.3, 0.4) is 0 Å². The molecule has 2 heterocycles. The van der Waals surface area contributed by atoms with Gasteiger partial charge in [0.1, 0.15) is 12.4 Å². The maximum atomic E-state index is 12.6. The first-order chi connectivity index (χ1) is 14.4. The molecule has 0 saturated carbocycles. The molecule has 0 bridgehead atoms. The number of anilines is 1. The lowest BCUT2D eigenvalue weighted by atomic mass is 10.3. The van der Waals surface area contributed by atoms with Crippen LogP contribution in [-0.2, 0) is 0 Å². The predicted molar refractivity (Wildman–Crippen MR) is 105 cm³/mol. The number of rotatable bonds is 6. The van der Waals surface area contributed by atoms with Crippen LogP contribution in [0.1, 0.15) is 24.4 Å². The lowest BCUT2D eigenvalue weighted by molar-refractivity contribution is -0.0493. The van der Waals surface area contributed by atoms with Gasteiger partial charge in [-0.3, -0.25) is 0 Å². The number of amides is 2. The van der Waals surface area contributed by atoms with E-state index in [0.29, 0.717) is 21.7 Å². The van der Waals surface area contributed by atoms with Crippen LogP contribution >= 0.6 is 15.9 Å². The Kier molecular flexibility index (Phi) is 6.53. The number of ether oxygens (including phenoxy) is 1. The van der Waals surface area contributed by atoms with Crippen molar-refractivity contribution >= 4 is 27.6 Å². The first kappa shape index (κ1) is 21.1. The molecule has 0 spiro atoms.